The van der Waals surface area contributed by atoms with Gasteiger partial charge in [0.2, 0.25) is 0 Å². The molecule has 0 aromatic heterocycles. The summed E-state index contributed by atoms with van der Waals surface area (Å²) in [7, 11) is -5.14. The van der Waals surface area contributed by atoms with Crippen molar-refractivity contribution in [3.8, 4) is 0 Å². The average molecular weight is 181 g/mol. The maximum atomic E-state index is 8.66. The topological polar surface area (TPSA) is 113 Å². The molecule has 0 aromatic carbocycles. The van der Waals surface area contributed by atoms with E-state index < -0.39 is 7.82 Å². The Morgan fingerprint density at radius 2 is 1.33 bits per heavy atom. The fourth-order valence-corrected chi connectivity index (χ4v) is 0. The zero-order chi connectivity index (χ0) is 4.50. The molecular weight excluding hydrogens is 179 g/mol. The van der Waals surface area contributed by atoms with Crippen LogP contribution < -0.4 is 14.5 Å². The Balaban J connectivity index is -0.0000000133. The molecular formula is H2BeCaFO5P. The number of hydrogen-bond acceptors (Lipinski definition) is 4. The van der Waals surface area contributed by atoms with Crippen molar-refractivity contribution in [1.82, 2.24) is 0 Å². The molecule has 0 atom stereocenters. The van der Waals surface area contributed by atoms with Gasteiger partial charge in [-0.05, 0) is 0 Å². The van der Waals surface area contributed by atoms with Crippen LogP contribution in [0.25, 0.3) is 0 Å². The first kappa shape index (κ1) is 31.5. The molecule has 0 rings (SSSR count). The third-order valence-electron chi connectivity index (χ3n) is 0. The minimum atomic E-state index is -5.14. The first-order valence-corrected chi connectivity index (χ1v) is 2.24. The maximum absolute atomic E-state index is 8.66. The normalized spacial score (nSPS) is 6.56. The Hall–Kier alpha value is 1.43. The monoisotopic (exact) mass is 181 g/mol. The molecule has 0 fully saturated rings. The van der Waals surface area contributed by atoms with Crippen LogP contribution in [-0.2, 0) is 4.57 Å². The molecule has 0 radical (unpaired) electrons. The van der Waals surface area contributed by atoms with Gasteiger partial charge in [0, 0.05) is 0 Å². The van der Waals surface area contributed by atoms with E-state index in [1.54, 1.807) is 0 Å². The summed E-state index contributed by atoms with van der Waals surface area (Å²) in [4.78, 5) is 24.3. The van der Waals surface area contributed by atoms with Crippen LogP contribution in [0.2, 0.25) is 0 Å². The van der Waals surface area contributed by atoms with Crippen molar-refractivity contribution < 1.29 is 29.4 Å². The predicted octanol–water partition coefficient (Wildman–Crippen LogP) is -6.13. The van der Waals surface area contributed by atoms with Crippen LogP contribution in [0, 0.1) is 0 Å². The molecule has 0 aliphatic carbocycles. The van der Waals surface area contributed by atoms with E-state index in [9.17, 15) is 0 Å². The summed E-state index contributed by atoms with van der Waals surface area (Å²) in [6, 6.07) is 0. The molecule has 0 bridgehead atoms. The average Bonchev–Trinajstić information content (AvgIpc) is 0.722. The minimum Gasteiger partial charge on any atom is -1.00 e. The van der Waals surface area contributed by atoms with Crippen molar-refractivity contribution in [2.75, 3.05) is 0 Å². The Kier molecular flexibility index (Phi) is 42.4. The van der Waals surface area contributed by atoms with Crippen LogP contribution in [0.3, 0.4) is 0 Å². The van der Waals surface area contributed by atoms with Crippen molar-refractivity contribution in [3.63, 3.8) is 0 Å². The van der Waals surface area contributed by atoms with Crippen LogP contribution in [0.5, 0.6) is 0 Å². The van der Waals surface area contributed by atoms with Gasteiger partial charge in [0.15, 0.2) is 0 Å². The van der Waals surface area contributed by atoms with Gasteiger partial charge in [-0.25, -0.2) is 0 Å². The Labute approximate surface area is 84.6 Å². The molecule has 9 heteroatoms. The van der Waals surface area contributed by atoms with E-state index in [0.29, 0.717) is 0 Å². The van der Waals surface area contributed by atoms with E-state index in [2.05, 4.69) is 0 Å². The molecule has 2 N–H and O–H groups in total. The molecule has 0 spiro atoms. The van der Waals surface area contributed by atoms with E-state index in [0.717, 1.165) is 0 Å². The molecule has 0 saturated heterocycles. The largest absolute Gasteiger partial charge is 2.00 e. The standard InChI is InChI=1S/Be.Ca.FH.H3O4P.H2O/c;;;1-5(2,3)4;/h;;1H;(H3,1,2,3,4);1H2/q2*+2;;;/p-4. The van der Waals surface area contributed by atoms with Gasteiger partial charge < -0.3 is 29.4 Å². The van der Waals surface area contributed by atoms with Gasteiger partial charge in [-0.3, -0.25) is 0 Å². The summed E-state index contributed by atoms with van der Waals surface area (Å²) >= 11 is 0. The van der Waals surface area contributed by atoms with Crippen molar-refractivity contribution in [3.05, 3.63) is 0 Å². The Bertz CT molecular complexity index is 63.1. The number of phosphoric acid groups is 1. The van der Waals surface area contributed by atoms with Gasteiger partial charge >= 0.3 is 47.9 Å². The third kappa shape index (κ3) is 255. The Morgan fingerprint density at radius 1 is 1.33 bits per heavy atom. The van der Waals surface area contributed by atoms with Gasteiger partial charge in [-0.1, -0.05) is 0 Å². The molecule has 0 amide bonds. The summed E-state index contributed by atoms with van der Waals surface area (Å²) in [6.45, 7) is 0. The summed E-state index contributed by atoms with van der Waals surface area (Å²) in [5, 5.41) is 0. The molecule has 9 heavy (non-hydrogen) atoms. The zero-order valence-electron chi connectivity index (χ0n) is 4.36. The predicted molar refractivity (Wildman–Crippen MR) is 23.3 cm³/mol. The van der Waals surface area contributed by atoms with E-state index in [4.69, 9.17) is 19.2 Å². The van der Waals surface area contributed by atoms with Gasteiger partial charge in [0.05, 0.1) is 7.82 Å². The Morgan fingerprint density at radius 3 is 1.33 bits per heavy atom. The van der Waals surface area contributed by atoms with Gasteiger partial charge in [-0.15, -0.1) is 0 Å². The maximum Gasteiger partial charge on any atom is 2.00 e. The summed E-state index contributed by atoms with van der Waals surface area (Å²) in [5.74, 6) is 0. The second kappa shape index (κ2) is 12.1. The van der Waals surface area contributed by atoms with Crippen molar-refractivity contribution in [2.45, 2.75) is 0 Å². The van der Waals surface area contributed by atoms with Crippen LogP contribution in [0.1, 0.15) is 0 Å². The van der Waals surface area contributed by atoms with E-state index in [1.165, 1.54) is 0 Å². The van der Waals surface area contributed by atoms with Gasteiger partial charge in [0.25, 0.3) is 0 Å². The molecule has 48 valence electrons. The molecule has 0 unspecified atom stereocenters. The van der Waals surface area contributed by atoms with Crippen LogP contribution in [-0.4, -0.2) is 58.2 Å². The summed E-state index contributed by atoms with van der Waals surface area (Å²) in [6.07, 6.45) is 0. The van der Waals surface area contributed by atoms with Crippen molar-refractivity contribution in [2.24, 2.45) is 0 Å². The molecule has 0 aliphatic rings. The molecule has 0 heterocycles. The number of halogens is 1. The number of hydrogen-bond donors (Lipinski definition) is 1. The number of rotatable bonds is 0. The summed E-state index contributed by atoms with van der Waals surface area (Å²) in [5.41, 5.74) is 0. The van der Waals surface area contributed by atoms with E-state index in [-0.39, 0.29) is 58.0 Å². The minimum absolute atomic E-state index is 0. The smallest absolute Gasteiger partial charge is 1.00 e. The van der Waals surface area contributed by atoms with Crippen LogP contribution >= 0.6 is 7.82 Å². The van der Waals surface area contributed by atoms with Gasteiger partial charge in [-0.2, -0.15) is 0 Å². The first-order valence-electron chi connectivity index (χ1n) is 0.748. The van der Waals surface area contributed by atoms with Gasteiger partial charge in [0.1, 0.15) is 0 Å². The fraction of sp³-hybridized carbons (Fsp3) is 0. The third-order valence-corrected chi connectivity index (χ3v) is 0. The van der Waals surface area contributed by atoms with Crippen molar-refractivity contribution in [1.29, 1.82) is 0 Å². The van der Waals surface area contributed by atoms with Crippen LogP contribution in [0.15, 0.2) is 0 Å². The zero-order valence-corrected chi connectivity index (χ0v) is 7.46. The SMILES string of the molecule is O=P([O-])([O-])O.[Be+2].[Ca+2].[F-].[OH-]. The first-order chi connectivity index (χ1) is 2.00. The second-order valence-electron chi connectivity index (χ2n) is 0.469. The summed E-state index contributed by atoms with van der Waals surface area (Å²) < 4.78 is 8.66. The van der Waals surface area contributed by atoms with E-state index >= 15 is 0 Å². The second-order valence-corrected chi connectivity index (χ2v) is 1.41. The fourth-order valence-electron chi connectivity index (χ4n) is 0. The molecule has 5 nitrogen and oxygen atoms in total. The molecule has 0 saturated carbocycles. The quantitative estimate of drug-likeness (QED) is 0.295. The van der Waals surface area contributed by atoms with Crippen LogP contribution in [0.4, 0.5) is 0 Å². The van der Waals surface area contributed by atoms with Crippen molar-refractivity contribution >= 4 is 55.7 Å². The molecule has 0 aliphatic heterocycles. The van der Waals surface area contributed by atoms with E-state index in [1.807, 2.05) is 0 Å². The molecule has 0 aromatic rings.